The Morgan fingerprint density at radius 2 is 2.00 bits per heavy atom. The number of carboxylic acid groups (broad SMARTS) is 1. The van der Waals surface area contributed by atoms with Crippen molar-refractivity contribution in [3.63, 3.8) is 0 Å². The van der Waals surface area contributed by atoms with E-state index in [4.69, 9.17) is 5.11 Å². The van der Waals surface area contributed by atoms with Gasteiger partial charge in [0, 0.05) is 5.92 Å². The van der Waals surface area contributed by atoms with Crippen LogP contribution >= 0.6 is 11.3 Å². The van der Waals surface area contributed by atoms with Gasteiger partial charge in [0.1, 0.15) is 5.01 Å². The molecule has 0 saturated heterocycles. The SMILES string of the molecule is CC1(C)[C@H](C(=O)O)[C@@H]1C(=O)Nc1nnc(C2CC2)s1. The smallest absolute Gasteiger partial charge is 0.307 e. The molecule has 0 radical (unpaired) electrons. The summed E-state index contributed by atoms with van der Waals surface area (Å²) >= 11 is 1.39. The predicted octanol–water partition coefficient (Wildman–Crippen LogP) is 1.71. The Kier molecular flexibility index (Phi) is 2.63. The van der Waals surface area contributed by atoms with Crippen LogP contribution in [0.15, 0.2) is 0 Å². The van der Waals surface area contributed by atoms with Crippen molar-refractivity contribution in [2.75, 3.05) is 5.32 Å². The molecule has 2 atom stereocenters. The largest absolute Gasteiger partial charge is 0.481 e. The van der Waals surface area contributed by atoms with Crippen molar-refractivity contribution < 1.29 is 14.7 Å². The number of carbonyl (C=O) groups is 2. The quantitative estimate of drug-likeness (QED) is 0.876. The molecule has 102 valence electrons. The van der Waals surface area contributed by atoms with E-state index in [1.54, 1.807) is 13.8 Å². The first kappa shape index (κ1) is 12.5. The summed E-state index contributed by atoms with van der Waals surface area (Å²) in [5, 5.41) is 21.1. The van der Waals surface area contributed by atoms with Crippen LogP contribution in [0, 0.1) is 17.3 Å². The Morgan fingerprint density at radius 3 is 2.53 bits per heavy atom. The van der Waals surface area contributed by atoms with Crippen LogP contribution in [0.2, 0.25) is 0 Å². The molecular formula is C12H15N3O3S. The van der Waals surface area contributed by atoms with Crippen LogP contribution in [-0.2, 0) is 9.59 Å². The van der Waals surface area contributed by atoms with Gasteiger partial charge in [-0.2, -0.15) is 0 Å². The zero-order valence-corrected chi connectivity index (χ0v) is 11.5. The second-order valence-corrected chi connectivity index (χ2v) is 6.83. The Morgan fingerprint density at radius 1 is 1.32 bits per heavy atom. The summed E-state index contributed by atoms with van der Waals surface area (Å²) in [4.78, 5) is 23.1. The first-order valence-corrected chi connectivity index (χ1v) is 7.10. The molecular weight excluding hydrogens is 266 g/mol. The summed E-state index contributed by atoms with van der Waals surface area (Å²) < 4.78 is 0. The second-order valence-electron chi connectivity index (χ2n) is 5.82. The lowest BCUT2D eigenvalue weighted by molar-refractivity contribution is -0.140. The van der Waals surface area contributed by atoms with E-state index in [0.717, 1.165) is 17.8 Å². The van der Waals surface area contributed by atoms with Crippen LogP contribution in [0.5, 0.6) is 0 Å². The van der Waals surface area contributed by atoms with Crippen molar-refractivity contribution in [1.82, 2.24) is 10.2 Å². The van der Waals surface area contributed by atoms with E-state index in [2.05, 4.69) is 15.5 Å². The molecule has 19 heavy (non-hydrogen) atoms. The number of rotatable bonds is 4. The highest BCUT2D eigenvalue weighted by molar-refractivity contribution is 7.15. The first-order valence-electron chi connectivity index (χ1n) is 6.28. The molecule has 1 aromatic rings. The zero-order valence-electron chi connectivity index (χ0n) is 10.7. The van der Waals surface area contributed by atoms with Gasteiger partial charge in [-0.3, -0.25) is 9.59 Å². The van der Waals surface area contributed by atoms with Gasteiger partial charge in [-0.15, -0.1) is 10.2 Å². The number of hydrogen-bond donors (Lipinski definition) is 2. The average molecular weight is 281 g/mol. The third kappa shape index (κ3) is 2.11. The molecule has 0 aliphatic heterocycles. The van der Waals surface area contributed by atoms with Gasteiger partial charge < -0.3 is 10.4 Å². The van der Waals surface area contributed by atoms with E-state index in [1.165, 1.54) is 11.3 Å². The van der Waals surface area contributed by atoms with E-state index < -0.39 is 23.2 Å². The maximum atomic E-state index is 12.1. The zero-order chi connectivity index (χ0) is 13.8. The highest BCUT2D eigenvalue weighted by Crippen LogP contribution is 2.58. The number of nitrogens with zero attached hydrogens (tertiary/aromatic N) is 2. The standard InChI is InChI=1S/C12H15N3O3S/c1-12(2)6(7(12)10(17)18)8(16)13-11-15-14-9(19-11)5-3-4-5/h5-7H,3-4H2,1-2H3,(H,17,18)(H,13,15,16)/t6-,7+/m1/s1. The lowest BCUT2D eigenvalue weighted by Crippen LogP contribution is -2.17. The molecule has 0 aromatic carbocycles. The van der Waals surface area contributed by atoms with Crippen LogP contribution in [0.1, 0.15) is 37.6 Å². The van der Waals surface area contributed by atoms with Crippen LogP contribution in [0.25, 0.3) is 0 Å². The minimum absolute atomic E-state index is 0.268. The highest BCUT2D eigenvalue weighted by atomic mass is 32.1. The number of hydrogen-bond acceptors (Lipinski definition) is 5. The summed E-state index contributed by atoms with van der Waals surface area (Å²) in [6.45, 7) is 3.59. The van der Waals surface area contributed by atoms with Crippen molar-refractivity contribution in [3.05, 3.63) is 5.01 Å². The molecule has 0 unspecified atom stereocenters. The minimum atomic E-state index is -0.916. The Balaban J connectivity index is 1.66. The van der Waals surface area contributed by atoms with E-state index in [9.17, 15) is 9.59 Å². The van der Waals surface area contributed by atoms with Gasteiger partial charge in [-0.1, -0.05) is 25.2 Å². The number of anilines is 1. The molecule has 0 bridgehead atoms. The molecule has 0 spiro atoms. The maximum Gasteiger partial charge on any atom is 0.307 e. The van der Waals surface area contributed by atoms with Crippen LogP contribution in [-0.4, -0.2) is 27.2 Å². The molecule has 3 rings (SSSR count). The van der Waals surface area contributed by atoms with Crippen molar-refractivity contribution >= 4 is 28.3 Å². The van der Waals surface area contributed by atoms with Gasteiger partial charge in [-0.25, -0.2) is 0 Å². The van der Waals surface area contributed by atoms with Gasteiger partial charge in [0.15, 0.2) is 0 Å². The molecule has 1 amide bonds. The lowest BCUT2D eigenvalue weighted by Gasteiger charge is -2.01. The van der Waals surface area contributed by atoms with Crippen molar-refractivity contribution in [2.24, 2.45) is 17.3 Å². The fourth-order valence-corrected chi connectivity index (χ4v) is 3.47. The summed E-state index contributed by atoms with van der Waals surface area (Å²) in [6.07, 6.45) is 2.28. The van der Waals surface area contributed by atoms with Gasteiger partial charge in [-0.05, 0) is 18.3 Å². The number of amides is 1. The normalized spacial score (nSPS) is 27.9. The number of carboxylic acids is 1. The number of nitrogens with one attached hydrogen (secondary N) is 1. The molecule has 2 aliphatic carbocycles. The van der Waals surface area contributed by atoms with Crippen LogP contribution in [0.4, 0.5) is 5.13 Å². The summed E-state index contributed by atoms with van der Waals surface area (Å²) in [7, 11) is 0. The van der Waals surface area contributed by atoms with Gasteiger partial charge in [0.25, 0.3) is 0 Å². The third-order valence-corrected chi connectivity index (χ3v) is 4.97. The predicted molar refractivity (Wildman–Crippen MR) is 68.9 cm³/mol. The Hall–Kier alpha value is -1.50. The Bertz CT molecular complexity index is 550. The monoisotopic (exact) mass is 281 g/mol. The minimum Gasteiger partial charge on any atom is -0.481 e. The summed E-state index contributed by atoms with van der Waals surface area (Å²) in [6, 6.07) is 0. The number of aromatic nitrogens is 2. The highest BCUT2D eigenvalue weighted by Gasteiger charge is 2.66. The molecule has 2 aliphatic rings. The van der Waals surface area contributed by atoms with E-state index >= 15 is 0 Å². The molecule has 2 fully saturated rings. The van der Waals surface area contributed by atoms with Crippen molar-refractivity contribution in [2.45, 2.75) is 32.6 Å². The van der Waals surface area contributed by atoms with E-state index in [1.807, 2.05) is 0 Å². The van der Waals surface area contributed by atoms with Gasteiger partial charge >= 0.3 is 5.97 Å². The topological polar surface area (TPSA) is 92.2 Å². The fourth-order valence-electron chi connectivity index (χ4n) is 2.55. The lowest BCUT2D eigenvalue weighted by atomic mass is 10.1. The van der Waals surface area contributed by atoms with Gasteiger partial charge in [0.05, 0.1) is 11.8 Å². The van der Waals surface area contributed by atoms with Crippen LogP contribution in [0.3, 0.4) is 0 Å². The number of aliphatic carboxylic acids is 1. The Labute approximate surface area is 114 Å². The second kappa shape index (κ2) is 4.00. The third-order valence-electron chi connectivity index (χ3n) is 3.97. The van der Waals surface area contributed by atoms with Gasteiger partial charge in [0.2, 0.25) is 11.0 Å². The fraction of sp³-hybridized carbons (Fsp3) is 0.667. The average Bonchev–Trinajstić information content (AvgIpc) is 3.18. The van der Waals surface area contributed by atoms with Crippen LogP contribution < -0.4 is 5.32 Å². The number of carbonyl (C=O) groups excluding carboxylic acids is 1. The molecule has 2 N–H and O–H groups in total. The van der Waals surface area contributed by atoms with E-state index in [0.29, 0.717) is 11.0 Å². The molecule has 2 saturated carbocycles. The molecule has 1 aromatic heterocycles. The summed E-state index contributed by atoms with van der Waals surface area (Å²) in [5.74, 6) is -1.77. The first-order chi connectivity index (χ1) is 8.91. The van der Waals surface area contributed by atoms with Crippen molar-refractivity contribution in [3.8, 4) is 0 Å². The molecule has 7 heteroatoms. The molecule has 1 heterocycles. The summed E-state index contributed by atoms with van der Waals surface area (Å²) in [5.41, 5.74) is -0.486. The van der Waals surface area contributed by atoms with Crippen molar-refractivity contribution in [1.29, 1.82) is 0 Å². The molecule has 6 nitrogen and oxygen atoms in total. The van der Waals surface area contributed by atoms with E-state index in [-0.39, 0.29) is 5.91 Å². The maximum absolute atomic E-state index is 12.1.